The lowest BCUT2D eigenvalue weighted by atomic mass is 10.1. The van der Waals surface area contributed by atoms with Crippen LogP contribution in [-0.4, -0.2) is 28.6 Å². The van der Waals surface area contributed by atoms with E-state index in [4.69, 9.17) is 21.1 Å². The number of nitrogens with one attached hydrogen (secondary N) is 1. The molecule has 1 atom stereocenters. The van der Waals surface area contributed by atoms with Crippen molar-refractivity contribution < 1.29 is 14.3 Å². The Morgan fingerprint density at radius 3 is 2.95 bits per heavy atom. The first kappa shape index (κ1) is 14.6. The Balaban J connectivity index is 2.17. The second-order valence-electron chi connectivity index (χ2n) is 4.40. The van der Waals surface area contributed by atoms with Gasteiger partial charge in [-0.05, 0) is 25.5 Å². The summed E-state index contributed by atoms with van der Waals surface area (Å²) in [6.45, 7) is 2.03. The molecular weight excluding hydrogens is 280 g/mol. The van der Waals surface area contributed by atoms with Crippen LogP contribution in [0.1, 0.15) is 23.8 Å². The largest absolute Gasteiger partial charge is 0.443 e. The van der Waals surface area contributed by atoms with Crippen LogP contribution in [0.25, 0.3) is 11.3 Å². The fraction of sp³-hybridized carbons (Fsp3) is 0.286. The zero-order valence-electron chi connectivity index (χ0n) is 11.0. The zero-order chi connectivity index (χ0) is 14.5. The molecule has 5 nitrogen and oxygen atoms in total. The standard InChI is InChI=1S/C14H15ClN2O3/c1-9(18)6-7-16-14(19)12-13(20-8-17-12)10-4-2-3-5-11(10)15/h2-5,8-9,18H,6-7H2,1H3,(H,16,19). The Hall–Kier alpha value is -1.85. The van der Waals surface area contributed by atoms with Crippen molar-refractivity contribution in [2.45, 2.75) is 19.4 Å². The van der Waals surface area contributed by atoms with Gasteiger partial charge in [-0.25, -0.2) is 4.98 Å². The number of halogens is 1. The van der Waals surface area contributed by atoms with E-state index in [-0.39, 0.29) is 11.6 Å². The van der Waals surface area contributed by atoms with Crippen molar-refractivity contribution in [1.82, 2.24) is 10.3 Å². The molecular formula is C14H15ClN2O3. The summed E-state index contributed by atoms with van der Waals surface area (Å²) in [6.07, 6.45) is 1.23. The molecule has 2 aromatic rings. The van der Waals surface area contributed by atoms with Crippen LogP contribution in [0, 0.1) is 0 Å². The third kappa shape index (κ3) is 3.37. The Labute approximate surface area is 121 Å². The molecule has 2 rings (SSSR count). The number of nitrogens with zero attached hydrogens (tertiary/aromatic N) is 1. The van der Waals surface area contributed by atoms with Gasteiger partial charge in [0.25, 0.3) is 5.91 Å². The molecule has 1 unspecified atom stereocenters. The van der Waals surface area contributed by atoms with Gasteiger partial charge in [0, 0.05) is 12.1 Å². The third-order valence-electron chi connectivity index (χ3n) is 2.75. The monoisotopic (exact) mass is 294 g/mol. The minimum Gasteiger partial charge on any atom is -0.443 e. The number of benzene rings is 1. The van der Waals surface area contributed by atoms with Crippen molar-refractivity contribution in [3.8, 4) is 11.3 Å². The maximum atomic E-state index is 12.0. The predicted molar refractivity (Wildman–Crippen MR) is 75.6 cm³/mol. The number of hydrogen-bond donors (Lipinski definition) is 2. The van der Waals surface area contributed by atoms with Gasteiger partial charge in [0.2, 0.25) is 0 Å². The molecule has 0 saturated heterocycles. The predicted octanol–water partition coefficient (Wildman–Crippen LogP) is 2.50. The average Bonchev–Trinajstić information content (AvgIpc) is 2.87. The van der Waals surface area contributed by atoms with E-state index >= 15 is 0 Å². The first-order chi connectivity index (χ1) is 9.59. The van der Waals surface area contributed by atoms with Crippen LogP contribution in [0.4, 0.5) is 0 Å². The van der Waals surface area contributed by atoms with Crippen LogP contribution in [0.5, 0.6) is 0 Å². The van der Waals surface area contributed by atoms with E-state index in [0.29, 0.717) is 29.3 Å². The van der Waals surface area contributed by atoms with E-state index in [1.165, 1.54) is 6.39 Å². The third-order valence-corrected chi connectivity index (χ3v) is 3.08. The summed E-state index contributed by atoms with van der Waals surface area (Å²) in [6, 6.07) is 7.08. The number of aliphatic hydroxyl groups is 1. The maximum absolute atomic E-state index is 12.0. The highest BCUT2D eigenvalue weighted by molar-refractivity contribution is 6.33. The van der Waals surface area contributed by atoms with Crippen molar-refractivity contribution >= 4 is 17.5 Å². The Morgan fingerprint density at radius 1 is 1.50 bits per heavy atom. The summed E-state index contributed by atoms with van der Waals surface area (Å²) in [5, 5.41) is 12.3. The van der Waals surface area contributed by atoms with Crippen LogP contribution >= 0.6 is 11.6 Å². The average molecular weight is 295 g/mol. The number of aliphatic hydroxyl groups excluding tert-OH is 1. The summed E-state index contributed by atoms with van der Waals surface area (Å²) in [7, 11) is 0. The zero-order valence-corrected chi connectivity index (χ0v) is 11.7. The van der Waals surface area contributed by atoms with Crippen molar-refractivity contribution in [3.63, 3.8) is 0 Å². The molecule has 1 amide bonds. The first-order valence-electron chi connectivity index (χ1n) is 6.24. The molecule has 0 fully saturated rings. The van der Waals surface area contributed by atoms with Gasteiger partial charge in [-0.3, -0.25) is 4.79 Å². The summed E-state index contributed by atoms with van der Waals surface area (Å²) < 4.78 is 5.27. The normalized spacial score (nSPS) is 12.2. The van der Waals surface area contributed by atoms with Gasteiger partial charge in [-0.2, -0.15) is 0 Å². The van der Waals surface area contributed by atoms with Gasteiger partial charge in [0.05, 0.1) is 11.1 Å². The molecule has 0 radical (unpaired) electrons. The number of hydrogen-bond acceptors (Lipinski definition) is 4. The summed E-state index contributed by atoms with van der Waals surface area (Å²) >= 11 is 6.09. The minimum absolute atomic E-state index is 0.184. The number of carbonyl (C=O) groups is 1. The summed E-state index contributed by atoms with van der Waals surface area (Å²) in [5.74, 6) is -0.0144. The lowest BCUT2D eigenvalue weighted by Gasteiger charge is -2.06. The second kappa shape index (κ2) is 6.54. The molecule has 0 aliphatic heterocycles. The molecule has 0 spiro atoms. The van der Waals surface area contributed by atoms with E-state index in [9.17, 15) is 4.79 Å². The van der Waals surface area contributed by atoms with Crippen molar-refractivity contribution in [2.75, 3.05) is 6.54 Å². The molecule has 6 heteroatoms. The van der Waals surface area contributed by atoms with Gasteiger partial charge < -0.3 is 14.8 Å². The van der Waals surface area contributed by atoms with Crippen LogP contribution in [0.2, 0.25) is 5.02 Å². The Bertz CT molecular complexity index is 596. The van der Waals surface area contributed by atoms with E-state index < -0.39 is 6.10 Å². The van der Waals surface area contributed by atoms with Crippen LogP contribution in [0.15, 0.2) is 35.1 Å². The SMILES string of the molecule is CC(O)CCNC(=O)c1ncoc1-c1ccccc1Cl. The molecule has 0 bridgehead atoms. The van der Waals surface area contributed by atoms with Gasteiger partial charge in [-0.15, -0.1) is 0 Å². The highest BCUT2D eigenvalue weighted by Crippen LogP contribution is 2.29. The molecule has 106 valence electrons. The Kier molecular flexibility index (Phi) is 4.76. The molecule has 0 aliphatic rings. The van der Waals surface area contributed by atoms with Gasteiger partial charge in [0.15, 0.2) is 17.8 Å². The van der Waals surface area contributed by atoms with E-state index in [1.807, 2.05) is 0 Å². The fourth-order valence-electron chi connectivity index (χ4n) is 1.72. The number of rotatable bonds is 5. The molecule has 0 saturated carbocycles. The first-order valence-corrected chi connectivity index (χ1v) is 6.62. The van der Waals surface area contributed by atoms with Crippen LogP contribution in [0.3, 0.4) is 0 Å². The quantitative estimate of drug-likeness (QED) is 0.888. The lowest BCUT2D eigenvalue weighted by molar-refractivity contribution is 0.0941. The van der Waals surface area contributed by atoms with E-state index in [0.717, 1.165) is 0 Å². The van der Waals surface area contributed by atoms with Gasteiger partial charge >= 0.3 is 0 Å². The molecule has 1 heterocycles. The number of carbonyl (C=O) groups excluding carboxylic acids is 1. The van der Waals surface area contributed by atoms with Gasteiger partial charge in [-0.1, -0.05) is 23.7 Å². The molecule has 20 heavy (non-hydrogen) atoms. The van der Waals surface area contributed by atoms with Gasteiger partial charge in [0.1, 0.15) is 0 Å². The van der Waals surface area contributed by atoms with Crippen LogP contribution < -0.4 is 5.32 Å². The van der Waals surface area contributed by atoms with Crippen LogP contribution in [-0.2, 0) is 0 Å². The van der Waals surface area contributed by atoms with Crippen molar-refractivity contribution in [1.29, 1.82) is 0 Å². The Morgan fingerprint density at radius 2 is 2.25 bits per heavy atom. The second-order valence-corrected chi connectivity index (χ2v) is 4.81. The number of aromatic nitrogens is 1. The summed E-state index contributed by atoms with van der Waals surface area (Å²) in [5.41, 5.74) is 0.802. The smallest absolute Gasteiger partial charge is 0.273 e. The molecule has 1 aromatic carbocycles. The minimum atomic E-state index is -0.462. The van der Waals surface area contributed by atoms with Crippen molar-refractivity contribution in [3.05, 3.63) is 41.4 Å². The highest BCUT2D eigenvalue weighted by atomic mass is 35.5. The lowest BCUT2D eigenvalue weighted by Crippen LogP contribution is -2.27. The van der Waals surface area contributed by atoms with E-state index in [2.05, 4.69) is 10.3 Å². The fourth-order valence-corrected chi connectivity index (χ4v) is 1.94. The molecule has 1 aromatic heterocycles. The number of amides is 1. The van der Waals surface area contributed by atoms with E-state index in [1.54, 1.807) is 31.2 Å². The maximum Gasteiger partial charge on any atom is 0.273 e. The van der Waals surface area contributed by atoms with Crippen molar-refractivity contribution in [2.24, 2.45) is 0 Å². The molecule has 2 N–H and O–H groups in total. The highest BCUT2D eigenvalue weighted by Gasteiger charge is 2.19. The summed E-state index contributed by atoms with van der Waals surface area (Å²) in [4.78, 5) is 16.0. The number of oxazole rings is 1. The topological polar surface area (TPSA) is 75.4 Å². The molecule has 0 aliphatic carbocycles.